The number of urea groups is 1. The highest BCUT2D eigenvalue weighted by Gasteiger charge is 2.73. The maximum Gasteiger partial charge on any atom is 0.435 e. The summed E-state index contributed by atoms with van der Waals surface area (Å²) in [6.45, 7) is 2.71. The molecule has 12 heteroatoms. The molecule has 2 fully saturated rings. The lowest BCUT2D eigenvalue weighted by Crippen LogP contribution is -2.52. The fourth-order valence-corrected chi connectivity index (χ4v) is 5.87. The van der Waals surface area contributed by atoms with E-state index in [1.807, 2.05) is 0 Å². The van der Waals surface area contributed by atoms with Gasteiger partial charge in [0.05, 0.1) is 5.92 Å². The number of carboxylic acid groups (broad SMARTS) is 1. The van der Waals surface area contributed by atoms with Crippen molar-refractivity contribution in [2.45, 2.75) is 62.6 Å². The van der Waals surface area contributed by atoms with Crippen molar-refractivity contribution in [2.24, 2.45) is 11.8 Å². The van der Waals surface area contributed by atoms with Gasteiger partial charge in [0.2, 0.25) is 0 Å². The van der Waals surface area contributed by atoms with Crippen molar-refractivity contribution in [1.82, 2.24) is 9.80 Å². The Morgan fingerprint density at radius 1 is 0.971 bits per heavy atom. The third kappa shape index (κ3) is 4.12. The number of amides is 2. The van der Waals surface area contributed by atoms with Crippen molar-refractivity contribution >= 4 is 12.0 Å². The van der Waals surface area contributed by atoms with Crippen molar-refractivity contribution in [1.29, 1.82) is 0 Å². The lowest BCUT2D eigenvalue weighted by atomic mass is 9.77. The summed E-state index contributed by atoms with van der Waals surface area (Å²) in [5.41, 5.74) is -6.20. The third-order valence-electron chi connectivity index (χ3n) is 7.72. The van der Waals surface area contributed by atoms with Crippen LogP contribution in [0.3, 0.4) is 0 Å². The second-order valence-electron chi connectivity index (χ2n) is 9.70. The number of hydrogen-bond donors (Lipinski definition) is 1. The molecule has 0 saturated carbocycles. The second-order valence-corrected chi connectivity index (χ2v) is 9.70. The minimum absolute atomic E-state index is 0.109. The topological polar surface area (TPSA) is 60.9 Å². The largest absolute Gasteiger partial charge is 0.481 e. The van der Waals surface area contributed by atoms with E-state index in [-0.39, 0.29) is 42.4 Å². The molecule has 35 heavy (non-hydrogen) atoms. The monoisotopic (exact) mass is 510 g/mol. The Bertz CT molecular complexity index is 996. The zero-order valence-electron chi connectivity index (χ0n) is 18.8. The highest BCUT2D eigenvalue weighted by Crippen LogP contribution is 2.54. The van der Waals surface area contributed by atoms with Gasteiger partial charge in [-0.05, 0) is 42.7 Å². The van der Waals surface area contributed by atoms with E-state index < -0.39 is 35.5 Å². The Kier molecular flexibility index (Phi) is 6.24. The number of halogens is 7. The summed E-state index contributed by atoms with van der Waals surface area (Å²) in [5.74, 6) is -1.94. The van der Waals surface area contributed by atoms with Crippen molar-refractivity contribution < 1.29 is 45.4 Å². The van der Waals surface area contributed by atoms with Crippen LogP contribution in [-0.4, -0.2) is 64.9 Å². The molecular weight excluding hydrogens is 485 g/mol. The fourth-order valence-electron chi connectivity index (χ4n) is 5.87. The molecule has 1 N–H and O–H groups in total. The van der Waals surface area contributed by atoms with Gasteiger partial charge < -0.3 is 14.9 Å². The Balaban J connectivity index is 1.54. The molecule has 1 aromatic rings. The maximum atomic E-state index is 14.5. The molecule has 1 aliphatic carbocycles. The number of carbonyl (C=O) groups is 2. The Labute approximate surface area is 196 Å². The predicted molar refractivity (Wildman–Crippen MR) is 109 cm³/mol. The van der Waals surface area contributed by atoms with Crippen LogP contribution in [0, 0.1) is 11.8 Å². The van der Waals surface area contributed by atoms with Gasteiger partial charge in [0.1, 0.15) is 0 Å². The first-order valence-electron chi connectivity index (χ1n) is 11.4. The summed E-state index contributed by atoms with van der Waals surface area (Å²) in [6.07, 6.45) is -11.1. The lowest BCUT2D eigenvalue weighted by molar-refractivity contribution is -0.348. The van der Waals surface area contributed by atoms with Crippen LogP contribution >= 0.6 is 0 Å². The average Bonchev–Trinajstić information content (AvgIpc) is 3.20. The molecule has 0 spiro atoms. The van der Waals surface area contributed by atoms with Crippen molar-refractivity contribution in [2.75, 3.05) is 19.6 Å². The fraction of sp³-hybridized carbons (Fsp3) is 0.652. The van der Waals surface area contributed by atoms with E-state index in [1.165, 1.54) is 0 Å². The maximum absolute atomic E-state index is 14.5. The van der Waals surface area contributed by atoms with E-state index in [1.54, 1.807) is 16.7 Å². The summed E-state index contributed by atoms with van der Waals surface area (Å²) >= 11 is 0. The van der Waals surface area contributed by atoms with Crippen LogP contribution in [0.25, 0.3) is 0 Å². The zero-order valence-corrected chi connectivity index (χ0v) is 18.8. The first-order chi connectivity index (χ1) is 16.2. The highest BCUT2D eigenvalue weighted by molar-refractivity contribution is 5.77. The molecule has 0 bridgehead atoms. The van der Waals surface area contributed by atoms with Gasteiger partial charge in [-0.15, -0.1) is 0 Å². The number of likely N-dealkylation sites (tertiary alicyclic amines) is 2. The number of nitrogens with zero attached hydrogens (tertiary/aromatic N) is 2. The van der Waals surface area contributed by atoms with Gasteiger partial charge in [0, 0.05) is 37.2 Å². The number of hydrogen-bond acceptors (Lipinski definition) is 2. The molecule has 1 aromatic carbocycles. The van der Waals surface area contributed by atoms with Gasteiger partial charge in [0.15, 0.2) is 0 Å². The number of fused-ring (bicyclic) bond motifs is 3. The van der Waals surface area contributed by atoms with E-state index in [0.29, 0.717) is 50.0 Å². The normalized spacial score (nSPS) is 27.4. The Morgan fingerprint density at radius 3 is 2.20 bits per heavy atom. The zero-order chi connectivity index (χ0) is 25.9. The van der Waals surface area contributed by atoms with E-state index in [2.05, 4.69) is 0 Å². The number of benzene rings is 1. The van der Waals surface area contributed by atoms with Gasteiger partial charge >= 0.3 is 30.0 Å². The van der Waals surface area contributed by atoms with E-state index in [0.717, 1.165) is 6.07 Å². The molecule has 5 nitrogen and oxygen atoms in total. The van der Waals surface area contributed by atoms with Crippen LogP contribution < -0.4 is 0 Å². The molecule has 0 aromatic heterocycles. The Morgan fingerprint density at radius 2 is 1.63 bits per heavy atom. The molecule has 2 aliphatic heterocycles. The van der Waals surface area contributed by atoms with Gasteiger partial charge in [0.25, 0.3) is 0 Å². The Hall–Kier alpha value is -2.53. The first-order valence-corrected chi connectivity index (χ1v) is 11.4. The van der Waals surface area contributed by atoms with Gasteiger partial charge in [-0.3, -0.25) is 4.79 Å². The molecule has 2 heterocycles. The van der Waals surface area contributed by atoms with Crippen molar-refractivity contribution in [3.05, 3.63) is 34.9 Å². The molecule has 4 atom stereocenters. The van der Waals surface area contributed by atoms with Crippen LogP contribution in [0.2, 0.25) is 0 Å². The van der Waals surface area contributed by atoms with Gasteiger partial charge in [-0.1, -0.05) is 25.1 Å². The van der Waals surface area contributed by atoms with Crippen molar-refractivity contribution in [3.8, 4) is 0 Å². The quantitative estimate of drug-likeness (QED) is 0.554. The lowest BCUT2D eigenvalue weighted by Gasteiger charge is -2.40. The molecule has 2 unspecified atom stereocenters. The summed E-state index contributed by atoms with van der Waals surface area (Å²) < 4.78 is 93.5. The van der Waals surface area contributed by atoms with Gasteiger partial charge in [-0.25, -0.2) is 9.18 Å². The van der Waals surface area contributed by atoms with Crippen LogP contribution in [0.4, 0.5) is 35.5 Å². The average molecular weight is 510 g/mol. The minimum atomic E-state index is -6.17. The number of carboxylic acids is 1. The second kappa shape index (κ2) is 8.55. The number of aliphatic carboxylic acids is 1. The van der Waals surface area contributed by atoms with Crippen LogP contribution in [0.1, 0.15) is 48.8 Å². The number of aryl methyl sites for hydroxylation is 1. The van der Waals surface area contributed by atoms with Crippen LogP contribution in [-0.2, 0) is 16.9 Å². The first kappa shape index (κ1) is 25.6. The van der Waals surface area contributed by atoms with E-state index in [9.17, 15) is 45.4 Å². The smallest absolute Gasteiger partial charge is 0.435 e. The molecule has 0 radical (unpaired) electrons. The SMILES string of the molecule is CC1CN(C(=O)N2CC[C@H]3c4ccc(C(F)(C(F)(F)F)C(F)(F)F)cc4CC[C@H]32)CCC1C(=O)O. The predicted octanol–water partition coefficient (Wildman–Crippen LogP) is 5.24. The van der Waals surface area contributed by atoms with E-state index in [4.69, 9.17) is 0 Å². The molecule has 3 aliphatic rings. The summed E-state index contributed by atoms with van der Waals surface area (Å²) in [6, 6.07) is 1.81. The minimum Gasteiger partial charge on any atom is -0.481 e. The van der Waals surface area contributed by atoms with Gasteiger partial charge in [-0.2, -0.15) is 26.3 Å². The molecular formula is C23H25F7N2O3. The van der Waals surface area contributed by atoms with Crippen molar-refractivity contribution in [3.63, 3.8) is 0 Å². The standard InChI is InChI=1S/C23H25F7N2O3/c1-12-11-31(8-6-15(12)19(33)34)20(35)32-9-7-17-16-4-3-14(10-13(16)2-5-18(17)32)21(24,22(25,26)27)23(28,29)30/h3-4,10,12,15,17-18H,2,5-9,11H2,1H3,(H,33,34)/t12?,15?,17-,18+/m0/s1. The molecule has 194 valence electrons. The summed E-state index contributed by atoms with van der Waals surface area (Å²) in [7, 11) is 0. The summed E-state index contributed by atoms with van der Waals surface area (Å²) in [5, 5.41) is 9.29. The highest BCUT2D eigenvalue weighted by atomic mass is 19.4. The number of alkyl halides is 7. The van der Waals surface area contributed by atoms with Crippen LogP contribution in [0.15, 0.2) is 18.2 Å². The summed E-state index contributed by atoms with van der Waals surface area (Å²) in [4.78, 5) is 27.8. The van der Waals surface area contributed by atoms with E-state index >= 15 is 0 Å². The molecule has 4 rings (SSSR count). The van der Waals surface area contributed by atoms with Crippen LogP contribution in [0.5, 0.6) is 0 Å². The number of carbonyl (C=O) groups excluding carboxylic acids is 1. The number of piperidine rings is 1. The number of rotatable bonds is 2. The molecule has 2 amide bonds. The third-order valence-corrected chi connectivity index (χ3v) is 7.72. The molecule has 2 saturated heterocycles.